The second-order valence-electron chi connectivity index (χ2n) is 8.48. The summed E-state index contributed by atoms with van der Waals surface area (Å²) in [6.07, 6.45) is 5.63. The van der Waals surface area contributed by atoms with E-state index in [1.54, 1.807) is 18.2 Å². The van der Waals surface area contributed by atoms with Gasteiger partial charge in [-0.3, -0.25) is 9.69 Å². The molecular weight excluding hydrogens is 410 g/mol. The van der Waals surface area contributed by atoms with E-state index in [-0.39, 0.29) is 10.8 Å². The van der Waals surface area contributed by atoms with E-state index in [9.17, 15) is 13.2 Å². The Morgan fingerprint density at radius 2 is 1.52 bits per heavy atom. The number of benzene rings is 2. The van der Waals surface area contributed by atoms with E-state index in [1.165, 1.54) is 35.2 Å². The Kier molecular flexibility index (Phi) is 7.05. The molecule has 0 aliphatic carbocycles. The average Bonchev–Trinajstić information content (AvgIpc) is 3.35. The van der Waals surface area contributed by atoms with Crippen LogP contribution in [0.4, 0.5) is 0 Å². The topological polar surface area (TPSA) is 69.7 Å². The van der Waals surface area contributed by atoms with Gasteiger partial charge in [-0.25, -0.2) is 8.42 Å². The number of sulfonamides is 1. The third-order valence-corrected chi connectivity index (χ3v) is 7.99. The van der Waals surface area contributed by atoms with Crippen LogP contribution >= 0.6 is 0 Å². The van der Waals surface area contributed by atoms with Crippen LogP contribution in [-0.4, -0.2) is 49.7 Å². The molecule has 1 N–H and O–H groups in total. The summed E-state index contributed by atoms with van der Waals surface area (Å²) in [5.74, 6) is -0.264. The van der Waals surface area contributed by atoms with Gasteiger partial charge in [-0.15, -0.1) is 0 Å². The van der Waals surface area contributed by atoms with Crippen LogP contribution in [0.5, 0.6) is 0 Å². The summed E-state index contributed by atoms with van der Waals surface area (Å²) in [5.41, 5.74) is 2.67. The molecule has 2 aromatic carbocycles. The molecule has 2 fully saturated rings. The number of hydrogen-bond acceptors (Lipinski definition) is 4. The standard InChI is InChI=1S/C24H31N3O3S/c28-24(22-10-7-11-23(17-22)31(29,30)27-14-4-5-15-27)25-18-20-8-6-9-21(16-20)19-26-12-2-1-3-13-26/h6-11,16-17H,1-5,12-15,18-19H2,(H,25,28). The van der Waals surface area contributed by atoms with Crippen LogP contribution in [0.3, 0.4) is 0 Å². The van der Waals surface area contributed by atoms with E-state index in [2.05, 4.69) is 22.3 Å². The first kappa shape index (κ1) is 22.0. The van der Waals surface area contributed by atoms with Crippen molar-refractivity contribution in [1.82, 2.24) is 14.5 Å². The molecule has 0 saturated carbocycles. The number of amides is 1. The lowest BCUT2D eigenvalue weighted by Crippen LogP contribution is -2.29. The summed E-state index contributed by atoms with van der Waals surface area (Å²) in [7, 11) is -3.53. The Morgan fingerprint density at radius 3 is 2.29 bits per heavy atom. The summed E-state index contributed by atoms with van der Waals surface area (Å²) >= 11 is 0. The maximum atomic E-state index is 12.8. The van der Waals surface area contributed by atoms with E-state index < -0.39 is 10.0 Å². The molecule has 2 aliphatic heterocycles. The zero-order valence-electron chi connectivity index (χ0n) is 17.9. The van der Waals surface area contributed by atoms with Crippen molar-refractivity contribution < 1.29 is 13.2 Å². The largest absolute Gasteiger partial charge is 0.348 e. The van der Waals surface area contributed by atoms with Gasteiger partial charge in [-0.05, 0) is 68.1 Å². The number of nitrogens with one attached hydrogen (secondary N) is 1. The molecule has 1 amide bonds. The van der Waals surface area contributed by atoms with Gasteiger partial charge in [0.05, 0.1) is 4.90 Å². The van der Waals surface area contributed by atoms with Crippen molar-refractivity contribution in [2.24, 2.45) is 0 Å². The van der Waals surface area contributed by atoms with Crippen LogP contribution in [0, 0.1) is 0 Å². The fourth-order valence-corrected chi connectivity index (χ4v) is 5.94. The first-order valence-electron chi connectivity index (χ1n) is 11.2. The number of carbonyl (C=O) groups excluding carboxylic acids is 1. The van der Waals surface area contributed by atoms with Crippen molar-refractivity contribution in [2.75, 3.05) is 26.2 Å². The number of likely N-dealkylation sites (tertiary alicyclic amines) is 1. The summed E-state index contributed by atoms with van der Waals surface area (Å²) in [4.78, 5) is 15.4. The predicted octanol–water partition coefficient (Wildman–Crippen LogP) is 3.39. The predicted molar refractivity (Wildman–Crippen MR) is 121 cm³/mol. The highest BCUT2D eigenvalue weighted by molar-refractivity contribution is 7.89. The highest BCUT2D eigenvalue weighted by atomic mass is 32.2. The average molecular weight is 442 g/mol. The van der Waals surface area contributed by atoms with Crippen molar-refractivity contribution in [3.05, 3.63) is 65.2 Å². The monoisotopic (exact) mass is 441 g/mol. The maximum absolute atomic E-state index is 12.8. The maximum Gasteiger partial charge on any atom is 0.251 e. The molecule has 4 rings (SSSR count). The summed E-state index contributed by atoms with van der Waals surface area (Å²) in [6, 6.07) is 14.7. The minimum absolute atomic E-state index is 0.186. The third kappa shape index (κ3) is 5.53. The Hall–Kier alpha value is -2.22. The molecule has 2 aliphatic rings. The molecule has 0 atom stereocenters. The lowest BCUT2D eigenvalue weighted by molar-refractivity contribution is 0.0950. The molecule has 0 spiro atoms. The second kappa shape index (κ2) is 9.94. The smallest absolute Gasteiger partial charge is 0.251 e. The minimum atomic E-state index is -3.53. The Bertz CT molecular complexity index is 1010. The van der Waals surface area contributed by atoms with E-state index in [1.807, 2.05) is 12.1 Å². The molecule has 166 valence electrons. The van der Waals surface area contributed by atoms with Crippen LogP contribution in [0.1, 0.15) is 53.6 Å². The van der Waals surface area contributed by atoms with E-state index in [0.29, 0.717) is 25.2 Å². The molecule has 7 heteroatoms. The number of nitrogens with zero attached hydrogens (tertiary/aromatic N) is 2. The van der Waals surface area contributed by atoms with E-state index in [0.717, 1.165) is 38.0 Å². The number of piperidine rings is 1. The first-order valence-corrected chi connectivity index (χ1v) is 12.6. The summed E-state index contributed by atoms with van der Waals surface area (Å²) in [6.45, 7) is 4.75. The van der Waals surface area contributed by atoms with Gasteiger partial charge >= 0.3 is 0 Å². The van der Waals surface area contributed by atoms with Crippen molar-refractivity contribution in [2.45, 2.75) is 50.1 Å². The second-order valence-corrected chi connectivity index (χ2v) is 10.4. The highest BCUT2D eigenvalue weighted by Gasteiger charge is 2.27. The van der Waals surface area contributed by atoms with Gasteiger partial charge in [-0.1, -0.05) is 36.8 Å². The van der Waals surface area contributed by atoms with Gasteiger partial charge in [0, 0.05) is 31.7 Å². The normalized spacial score (nSPS) is 18.2. The van der Waals surface area contributed by atoms with Gasteiger partial charge in [0.1, 0.15) is 0 Å². The zero-order valence-corrected chi connectivity index (χ0v) is 18.7. The van der Waals surface area contributed by atoms with E-state index in [4.69, 9.17) is 0 Å². The molecule has 2 saturated heterocycles. The van der Waals surface area contributed by atoms with Crippen LogP contribution in [0.15, 0.2) is 53.4 Å². The number of rotatable bonds is 7. The van der Waals surface area contributed by atoms with Gasteiger partial charge in [0.2, 0.25) is 10.0 Å². The molecule has 6 nitrogen and oxygen atoms in total. The fourth-order valence-electron chi connectivity index (χ4n) is 4.37. The van der Waals surface area contributed by atoms with Crippen molar-refractivity contribution in [3.8, 4) is 0 Å². The zero-order chi connectivity index (χ0) is 21.7. The molecule has 0 radical (unpaired) electrons. The van der Waals surface area contributed by atoms with Gasteiger partial charge in [0.25, 0.3) is 5.91 Å². The SMILES string of the molecule is O=C(NCc1cccc(CN2CCCCC2)c1)c1cccc(S(=O)(=O)N2CCCC2)c1. The van der Waals surface area contributed by atoms with Crippen molar-refractivity contribution in [1.29, 1.82) is 0 Å². The molecular formula is C24H31N3O3S. The Balaban J connectivity index is 1.38. The lowest BCUT2D eigenvalue weighted by atomic mass is 10.1. The van der Waals surface area contributed by atoms with Crippen molar-refractivity contribution >= 4 is 15.9 Å². The Morgan fingerprint density at radius 1 is 0.839 bits per heavy atom. The number of hydrogen-bond donors (Lipinski definition) is 1. The minimum Gasteiger partial charge on any atom is -0.348 e. The first-order chi connectivity index (χ1) is 15.0. The van der Waals surface area contributed by atoms with Crippen LogP contribution in [-0.2, 0) is 23.1 Å². The third-order valence-electron chi connectivity index (χ3n) is 6.10. The van der Waals surface area contributed by atoms with Crippen LogP contribution in [0.2, 0.25) is 0 Å². The van der Waals surface area contributed by atoms with Crippen LogP contribution in [0.25, 0.3) is 0 Å². The van der Waals surface area contributed by atoms with Gasteiger partial charge < -0.3 is 5.32 Å². The molecule has 0 bridgehead atoms. The highest BCUT2D eigenvalue weighted by Crippen LogP contribution is 2.21. The summed E-state index contributed by atoms with van der Waals surface area (Å²) < 4.78 is 27.1. The Labute approximate surface area is 185 Å². The molecule has 0 aromatic heterocycles. The molecule has 2 heterocycles. The van der Waals surface area contributed by atoms with Gasteiger partial charge in [0.15, 0.2) is 0 Å². The fraction of sp³-hybridized carbons (Fsp3) is 0.458. The molecule has 0 unspecified atom stereocenters. The molecule has 31 heavy (non-hydrogen) atoms. The quantitative estimate of drug-likeness (QED) is 0.715. The van der Waals surface area contributed by atoms with Crippen molar-refractivity contribution in [3.63, 3.8) is 0 Å². The lowest BCUT2D eigenvalue weighted by Gasteiger charge is -2.26. The van der Waals surface area contributed by atoms with Gasteiger partial charge in [-0.2, -0.15) is 4.31 Å². The number of carbonyl (C=O) groups is 1. The molecule has 2 aromatic rings. The summed E-state index contributed by atoms with van der Waals surface area (Å²) in [5, 5.41) is 2.93. The van der Waals surface area contributed by atoms with E-state index >= 15 is 0 Å². The van der Waals surface area contributed by atoms with Crippen LogP contribution < -0.4 is 5.32 Å².